The molecule has 138 valence electrons. The molecule has 1 atom stereocenters. The fourth-order valence-corrected chi connectivity index (χ4v) is 3.49. The molecule has 1 aliphatic rings. The van der Waals surface area contributed by atoms with Crippen LogP contribution in [0.2, 0.25) is 0 Å². The summed E-state index contributed by atoms with van der Waals surface area (Å²) in [6.45, 7) is 4.33. The van der Waals surface area contributed by atoms with E-state index in [1.807, 2.05) is 38.1 Å². The van der Waals surface area contributed by atoms with E-state index in [9.17, 15) is 9.59 Å². The van der Waals surface area contributed by atoms with Gasteiger partial charge in [-0.25, -0.2) is 9.50 Å². The van der Waals surface area contributed by atoms with Crippen LogP contribution in [-0.4, -0.2) is 42.3 Å². The van der Waals surface area contributed by atoms with Gasteiger partial charge in [0.2, 0.25) is 5.91 Å². The Hall–Kier alpha value is -3.29. The molecule has 1 aromatic carbocycles. The van der Waals surface area contributed by atoms with Crippen molar-refractivity contribution in [2.75, 3.05) is 0 Å². The number of aromatic nitrogens is 4. The molecular formula is C19H20N6O2. The van der Waals surface area contributed by atoms with Gasteiger partial charge in [-0.3, -0.25) is 9.59 Å². The molecule has 3 heterocycles. The van der Waals surface area contributed by atoms with Crippen LogP contribution in [-0.2, 0) is 17.8 Å². The van der Waals surface area contributed by atoms with Crippen molar-refractivity contribution >= 4 is 17.6 Å². The zero-order valence-electron chi connectivity index (χ0n) is 15.2. The van der Waals surface area contributed by atoms with Crippen molar-refractivity contribution < 1.29 is 9.59 Å². The summed E-state index contributed by atoms with van der Waals surface area (Å²) < 4.78 is 1.62. The number of hydrogen-bond donors (Lipinski definition) is 1. The van der Waals surface area contributed by atoms with E-state index in [4.69, 9.17) is 5.73 Å². The second kappa shape index (κ2) is 6.46. The number of primary amides is 1. The van der Waals surface area contributed by atoms with Crippen LogP contribution in [0.5, 0.6) is 0 Å². The van der Waals surface area contributed by atoms with Gasteiger partial charge in [0.15, 0.2) is 0 Å². The highest BCUT2D eigenvalue weighted by molar-refractivity contribution is 5.96. The fourth-order valence-electron chi connectivity index (χ4n) is 3.49. The highest BCUT2D eigenvalue weighted by Crippen LogP contribution is 2.25. The number of carbonyl (C=O) groups excluding carboxylic acids is 2. The van der Waals surface area contributed by atoms with Crippen LogP contribution < -0.4 is 5.73 Å². The number of nitrogens with two attached hydrogens (primary N) is 1. The quantitative estimate of drug-likeness (QED) is 0.754. The smallest absolute Gasteiger partial charge is 0.273 e. The molecular weight excluding hydrogens is 344 g/mol. The van der Waals surface area contributed by atoms with Crippen LogP contribution in [0.3, 0.4) is 0 Å². The molecule has 0 spiro atoms. The number of fused-ring (bicyclic) bond motifs is 2. The summed E-state index contributed by atoms with van der Waals surface area (Å²) in [4.78, 5) is 35.3. The molecule has 0 fully saturated rings. The summed E-state index contributed by atoms with van der Waals surface area (Å²) in [6.07, 6.45) is 1.81. The van der Waals surface area contributed by atoms with Crippen molar-refractivity contribution in [3.8, 4) is 0 Å². The zero-order valence-corrected chi connectivity index (χ0v) is 15.2. The molecule has 0 saturated heterocycles. The Labute approximate surface area is 156 Å². The van der Waals surface area contributed by atoms with E-state index in [0.29, 0.717) is 18.7 Å². The summed E-state index contributed by atoms with van der Waals surface area (Å²) in [7, 11) is 0. The first kappa shape index (κ1) is 17.1. The molecule has 0 saturated carbocycles. The Kier molecular flexibility index (Phi) is 4.10. The molecule has 2 aromatic heterocycles. The van der Waals surface area contributed by atoms with E-state index in [1.54, 1.807) is 10.6 Å². The fraction of sp³-hybridized carbons (Fsp3) is 0.316. The average Bonchev–Trinajstić information content (AvgIpc) is 3.13. The van der Waals surface area contributed by atoms with Gasteiger partial charge in [-0.2, -0.15) is 10.1 Å². The van der Waals surface area contributed by atoms with Crippen molar-refractivity contribution in [3.63, 3.8) is 0 Å². The summed E-state index contributed by atoms with van der Waals surface area (Å²) in [5, 5.41) is 4.17. The van der Waals surface area contributed by atoms with Crippen molar-refractivity contribution in [3.05, 3.63) is 59.2 Å². The standard InChI is InChI=1S/C19H20N6O2/c1-11(2)15-8-14(23-19-21-10-22-25(15)19)18(27)24-9-13-6-4-3-5-12(13)7-16(24)17(20)26/h3-6,8,10-11,16H,7,9H2,1-2H3,(H2,20,26). The topological polar surface area (TPSA) is 106 Å². The third-order valence-electron chi connectivity index (χ3n) is 4.93. The monoisotopic (exact) mass is 364 g/mol. The second-order valence-corrected chi connectivity index (χ2v) is 7.02. The normalized spacial score (nSPS) is 16.6. The molecule has 8 heteroatoms. The first-order valence-electron chi connectivity index (χ1n) is 8.83. The SMILES string of the molecule is CC(C)c1cc(C(=O)N2Cc3ccccc3CC2C(N)=O)nc2ncnn12. The first-order chi connectivity index (χ1) is 13.0. The largest absolute Gasteiger partial charge is 0.368 e. The lowest BCUT2D eigenvalue weighted by molar-refractivity contribution is -0.122. The third-order valence-corrected chi connectivity index (χ3v) is 4.93. The van der Waals surface area contributed by atoms with Gasteiger partial charge in [-0.1, -0.05) is 38.1 Å². The Balaban J connectivity index is 1.77. The predicted octanol–water partition coefficient (Wildman–Crippen LogP) is 1.30. The number of hydrogen-bond acceptors (Lipinski definition) is 5. The van der Waals surface area contributed by atoms with Crippen LogP contribution in [0.1, 0.15) is 47.1 Å². The van der Waals surface area contributed by atoms with Crippen molar-refractivity contribution in [1.29, 1.82) is 0 Å². The van der Waals surface area contributed by atoms with Gasteiger partial charge in [-0.05, 0) is 23.1 Å². The maximum absolute atomic E-state index is 13.3. The molecule has 2 amide bonds. The Morgan fingerprint density at radius 3 is 2.67 bits per heavy atom. The highest BCUT2D eigenvalue weighted by Gasteiger charge is 2.34. The Morgan fingerprint density at radius 1 is 1.22 bits per heavy atom. The molecule has 1 unspecified atom stereocenters. The highest BCUT2D eigenvalue weighted by atomic mass is 16.2. The molecule has 3 aromatic rings. The lowest BCUT2D eigenvalue weighted by atomic mass is 9.93. The van der Waals surface area contributed by atoms with Crippen LogP contribution in [0, 0.1) is 0 Å². The summed E-state index contributed by atoms with van der Waals surface area (Å²) in [5.74, 6) is -0.374. The van der Waals surface area contributed by atoms with Gasteiger partial charge in [0.1, 0.15) is 18.1 Å². The number of amides is 2. The molecule has 27 heavy (non-hydrogen) atoms. The van der Waals surface area contributed by atoms with E-state index < -0.39 is 11.9 Å². The molecule has 2 N–H and O–H groups in total. The van der Waals surface area contributed by atoms with Gasteiger partial charge >= 0.3 is 0 Å². The van der Waals surface area contributed by atoms with E-state index in [1.165, 1.54) is 11.2 Å². The van der Waals surface area contributed by atoms with Crippen LogP contribution in [0.25, 0.3) is 5.78 Å². The maximum atomic E-state index is 13.3. The van der Waals surface area contributed by atoms with Crippen molar-refractivity contribution in [2.24, 2.45) is 5.73 Å². The van der Waals surface area contributed by atoms with E-state index in [2.05, 4.69) is 15.1 Å². The molecule has 0 aliphatic carbocycles. The van der Waals surface area contributed by atoms with Crippen molar-refractivity contribution in [1.82, 2.24) is 24.5 Å². The maximum Gasteiger partial charge on any atom is 0.273 e. The van der Waals surface area contributed by atoms with E-state index >= 15 is 0 Å². The van der Waals surface area contributed by atoms with Crippen LogP contribution in [0.4, 0.5) is 0 Å². The van der Waals surface area contributed by atoms with Gasteiger partial charge in [-0.15, -0.1) is 0 Å². The predicted molar refractivity (Wildman–Crippen MR) is 97.9 cm³/mol. The minimum Gasteiger partial charge on any atom is -0.368 e. The molecule has 1 aliphatic heterocycles. The summed E-state index contributed by atoms with van der Waals surface area (Å²) >= 11 is 0. The van der Waals surface area contributed by atoms with E-state index in [-0.39, 0.29) is 17.5 Å². The number of nitrogens with zero attached hydrogens (tertiary/aromatic N) is 5. The second-order valence-electron chi connectivity index (χ2n) is 7.02. The Bertz CT molecular complexity index is 1040. The van der Waals surface area contributed by atoms with Gasteiger partial charge < -0.3 is 10.6 Å². The Morgan fingerprint density at radius 2 is 1.96 bits per heavy atom. The number of carbonyl (C=O) groups is 2. The van der Waals surface area contributed by atoms with Crippen LogP contribution >= 0.6 is 0 Å². The van der Waals surface area contributed by atoms with Gasteiger partial charge in [0, 0.05) is 13.0 Å². The third kappa shape index (κ3) is 2.92. The van der Waals surface area contributed by atoms with E-state index in [0.717, 1.165) is 16.8 Å². The lowest BCUT2D eigenvalue weighted by Crippen LogP contribution is -2.51. The minimum atomic E-state index is -0.703. The first-order valence-corrected chi connectivity index (χ1v) is 8.83. The average molecular weight is 364 g/mol. The van der Waals surface area contributed by atoms with Crippen molar-refractivity contribution in [2.45, 2.75) is 38.8 Å². The molecule has 0 radical (unpaired) electrons. The molecule has 0 bridgehead atoms. The van der Waals surface area contributed by atoms with Gasteiger partial charge in [0.25, 0.3) is 11.7 Å². The number of rotatable bonds is 3. The molecule has 4 rings (SSSR count). The lowest BCUT2D eigenvalue weighted by Gasteiger charge is -2.35. The summed E-state index contributed by atoms with van der Waals surface area (Å²) in [5.41, 5.74) is 8.72. The minimum absolute atomic E-state index is 0.123. The zero-order chi connectivity index (χ0) is 19.1. The summed E-state index contributed by atoms with van der Waals surface area (Å²) in [6, 6.07) is 8.78. The number of benzene rings is 1. The van der Waals surface area contributed by atoms with Crippen LogP contribution in [0.15, 0.2) is 36.7 Å². The van der Waals surface area contributed by atoms with Gasteiger partial charge in [0.05, 0.1) is 5.69 Å². The molecule has 8 nitrogen and oxygen atoms in total.